The summed E-state index contributed by atoms with van der Waals surface area (Å²) in [6.07, 6.45) is 0.785. The van der Waals surface area contributed by atoms with Gasteiger partial charge in [-0.3, -0.25) is 0 Å². The molecule has 0 saturated carbocycles. The topological polar surface area (TPSA) is 80.8 Å². The number of rotatable bonds is 7. The summed E-state index contributed by atoms with van der Waals surface area (Å²) < 4.78 is 19.6. The van der Waals surface area contributed by atoms with Crippen LogP contribution in [0.1, 0.15) is 6.92 Å². The van der Waals surface area contributed by atoms with E-state index in [0.29, 0.717) is 17.8 Å². The highest BCUT2D eigenvalue weighted by Crippen LogP contribution is 2.12. The van der Waals surface area contributed by atoms with E-state index in [4.69, 9.17) is 19.3 Å². The standard InChI is InChI=1S/2C6H10O3/c1(5-3-8-5)7-2-6-4-9-6;1-5(2)6(8)9-4-3-7/h5-6H,1-4H2;7H,1,3-4H2,2H3. The molecule has 0 aliphatic carbocycles. The first kappa shape index (κ1) is 15.1. The molecule has 2 saturated heterocycles. The van der Waals surface area contributed by atoms with E-state index in [9.17, 15) is 4.79 Å². The Morgan fingerprint density at radius 3 is 2.17 bits per heavy atom. The molecule has 18 heavy (non-hydrogen) atoms. The quantitative estimate of drug-likeness (QED) is 0.391. The van der Waals surface area contributed by atoms with E-state index in [2.05, 4.69) is 11.3 Å². The van der Waals surface area contributed by atoms with Gasteiger partial charge in [-0.05, 0) is 6.92 Å². The predicted octanol–water partition coefficient (Wildman–Crippen LogP) is -0.101. The Bertz CT molecular complexity index is 258. The molecule has 2 atom stereocenters. The van der Waals surface area contributed by atoms with Gasteiger partial charge < -0.3 is 24.1 Å². The average molecular weight is 260 g/mol. The normalized spacial score (nSPS) is 23.7. The Morgan fingerprint density at radius 1 is 1.33 bits per heavy atom. The molecule has 6 nitrogen and oxygen atoms in total. The van der Waals surface area contributed by atoms with Crippen LogP contribution in [0, 0.1) is 0 Å². The van der Waals surface area contributed by atoms with Crippen LogP contribution in [0.2, 0.25) is 0 Å². The van der Waals surface area contributed by atoms with Gasteiger partial charge in [0.15, 0.2) is 0 Å². The van der Waals surface area contributed by atoms with Gasteiger partial charge in [0.25, 0.3) is 0 Å². The van der Waals surface area contributed by atoms with Gasteiger partial charge in [-0.1, -0.05) is 6.58 Å². The lowest BCUT2D eigenvalue weighted by atomic mass is 10.4. The molecule has 2 rings (SSSR count). The van der Waals surface area contributed by atoms with Crippen LogP contribution in [0.5, 0.6) is 0 Å². The maximum atomic E-state index is 10.5. The van der Waals surface area contributed by atoms with Crippen molar-refractivity contribution in [2.75, 3.05) is 39.6 Å². The first-order chi connectivity index (χ1) is 8.63. The molecule has 0 spiro atoms. The molecule has 2 aliphatic rings. The number of carbonyl (C=O) groups excluding carboxylic acids is 1. The summed E-state index contributed by atoms with van der Waals surface area (Å²) in [5, 5.41) is 8.19. The Balaban J connectivity index is 0.000000180. The van der Waals surface area contributed by atoms with Crippen molar-refractivity contribution in [1.29, 1.82) is 0 Å². The minimum absolute atomic E-state index is 0.0473. The molecular weight excluding hydrogens is 240 g/mol. The summed E-state index contributed by atoms with van der Waals surface area (Å²) in [4.78, 5) is 10.5. The van der Waals surface area contributed by atoms with Crippen LogP contribution >= 0.6 is 0 Å². The lowest BCUT2D eigenvalue weighted by molar-refractivity contribution is -0.139. The highest BCUT2D eigenvalue weighted by atomic mass is 16.6. The molecule has 2 heterocycles. The molecule has 2 aliphatic heterocycles. The second kappa shape index (κ2) is 8.20. The van der Waals surface area contributed by atoms with Crippen molar-refractivity contribution in [3.8, 4) is 0 Å². The van der Waals surface area contributed by atoms with Gasteiger partial charge in [0.2, 0.25) is 0 Å². The van der Waals surface area contributed by atoms with E-state index in [1.165, 1.54) is 0 Å². The number of aliphatic hydroxyl groups excluding tert-OH is 1. The van der Waals surface area contributed by atoms with Gasteiger partial charge in [0.1, 0.15) is 18.8 Å². The van der Waals surface area contributed by atoms with Crippen LogP contribution < -0.4 is 0 Å². The summed E-state index contributed by atoms with van der Waals surface area (Å²) in [7, 11) is 0. The van der Waals surface area contributed by atoms with Crippen LogP contribution in [0.3, 0.4) is 0 Å². The summed E-state index contributed by atoms with van der Waals surface area (Å²) >= 11 is 0. The average Bonchev–Trinajstić information content (AvgIpc) is 3.20. The Hall–Kier alpha value is -0.950. The van der Waals surface area contributed by atoms with Crippen LogP contribution in [0.15, 0.2) is 12.2 Å². The van der Waals surface area contributed by atoms with E-state index in [-0.39, 0.29) is 13.2 Å². The highest BCUT2D eigenvalue weighted by Gasteiger charge is 2.26. The molecule has 0 bridgehead atoms. The third-order valence-electron chi connectivity index (χ3n) is 2.09. The van der Waals surface area contributed by atoms with Gasteiger partial charge in [0, 0.05) is 5.57 Å². The minimum Gasteiger partial charge on any atom is -0.460 e. The molecule has 2 unspecified atom stereocenters. The fourth-order valence-electron chi connectivity index (χ4n) is 0.921. The molecule has 104 valence electrons. The van der Waals surface area contributed by atoms with Crippen molar-refractivity contribution < 1.29 is 28.8 Å². The first-order valence-corrected chi connectivity index (χ1v) is 5.88. The van der Waals surface area contributed by atoms with Crippen molar-refractivity contribution in [2.24, 2.45) is 0 Å². The zero-order chi connectivity index (χ0) is 13.4. The number of hydrogen-bond acceptors (Lipinski definition) is 6. The second-order valence-electron chi connectivity index (χ2n) is 4.09. The van der Waals surface area contributed by atoms with Crippen molar-refractivity contribution in [3.63, 3.8) is 0 Å². The Morgan fingerprint density at radius 2 is 1.83 bits per heavy atom. The lowest BCUT2D eigenvalue weighted by Crippen LogP contribution is -2.08. The van der Waals surface area contributed by atoms with E-state index < -0.39 is 5.97 Å². The number of hydrogen-bond donors (Lipinski definition) is 1. The molecule has 0 aromatic carbocycles. The van der Waals surface area contributed by atoms with Crippen LogP contribution in [-0.2, 0) is 23.7 Å². The van der Waals surface area contributed by atoms with Crippen molar-refractivity contribution in [3.05, 3.63) is 12.2 Å². The second-order valence-corrected chi connectivity index (χ2v) is 4.09. The van der Waals surface area contributed by atoms with Crippen LogP contribution in [0.25, 0.3) is 0 Å². The fraction of sp³-hybridized carbons (Fsp3) is 0.750. The van der Waals surface area contributed by atoms with Gasteiger partial charge in [-0.2, -0.15) is 0 Å². The maximum absolute atomic E-state index is 10.5. The summed E-state index contributed by atoms with van der Waals surface area (Å²) in [6, 6.07) is 0. The Labute approximate surface area is 106 Å². The SMILES string of the molecule is C(OCC1CO1)C1CO1.C=C(C)C(=O)OCCO. The lowest BCUT2D eigenvalue weighted by Gasteiger charge is -1.99. The smallest absolute Gasteiger partial charge is 0.333 e. The van der Waals surface area contributed by atoms with Crippen LogP contribution in [-0.4, -0.2) is 62.9 Å². The third kappa shape index (κ3) is 8.19. The molecule has 0 radical (unpaired) electrons. The number of carbonyl (C=O) groups is 1. The van der Waals surface area contributed by atoms with E-state index in [1.54, 1.807) is 6.92 Å². The van der Waals surface area contributed by atoms with Gasteiger partial charge in [0.05, 0.1) is 33.0 Å². The summed E-state index contributed by atoms with van der Waals surface area (Å²) in [5.41, 5.74) is 0.350. The number of esters is 1. The summed E-state index contributed by atoms with van der Waals surface area (Å²) in [5.74, 6) is -0.455. The zero-order valence-corrected chi connectivity index (χ0v) is 10.6. The first-order valence-electron chi connectivity index (χ1n) is 5.88. The molecular formula is C12H20O6. The number of aliphatic hydroxyl groups is 1. The van der Waals surface area contributed by atoms with Crippen LogP contribution in [0.4, 0.5) is 0 Å². The van der Waals surface area contributed by atoms with Gasteiger partial charge in [-0.15, -0.1) is 0 Å². The van der Waals surface area contributed by atoms with Crippen molar-refractivity contribution in [1.82, 2.24) is 0 Å². The largest absolute Gasteiger partial charge is 0.460 e. The molecule has 0 amide bonds. The molecule has 0 aromatic heterocycles. The maximum Gasteiger partial charge on any atom is 0.333 e. The summed E-state index contributed by atoms with van der Waals surface area (Å²) in [6.45, 7) is 8.08. The fourth-order valence-corrected chi connectivity index (χ4v) is 0.921. The molecule has 0 aromatic rings. The molecule has 1 N–H and O–H groups in total. The zero-order valence-electron chi connectivity index (χ0n) is 10.6. The van der Waals surface area contributed by atoms with Crippen molar-refractivity contribution >= 4 is 5.97 Å². The van der Waals surface area contributed by atoms with Gasteiger partial charge >= 0.3 is 5.97 Å². The van der Waals surface area contributed by atoms with E-state index >= 15 is 0 Å². The third-order valence-corrected chi connectivity index (χ3v) is 2.09. The molecule has 2 fully saturated rings. The Kier molecular flexibility index (Phi) is 6.89. The monoisotopic (exact) mass is 260 g/mol. The highest BCUT2D eigenvalue weighted by molar-refractivity contribution is 5.86. The van der Waals surface area contributed by atoms with E-state index in [0.717, 1.165) is 26.4 Å². The number of ether oxygens (including phenoxy) is 4. The van der Waals surface area contributed by atoms with Gasteiger partial charge in [-0.25, -0.2) is 4.79 Å². The minimum atomic E-state index is -0.455. The predicted molar refractivity (Wildman–Crippen MR) is 63.2 cm³/mol. The van der Waals surface area contributed by atoms with E-state index in [1.807, 2.05) is 0 Å². The number of epoxide rings is 2. The molecule has 6 heteroatoms. The van der Waals surface area contributed by atoms with Crippen molar-refractivity contribution in [2.45, 2.75) is 19.1 Å².